The van der Waals surface area contributed by atoms with Crippen LogP contribution in [-0.2, 0) is 11.3 Å². The number of hydrogen-bond donors (Lipinski definition) is 3. The fraction of sp³-hybridized carbons (Fsp3) is 0.0667. The standard InChI is InChI=1S/C15H13N3O3/c16-8-11(9-17-12-3-5-13(19)6-4-12)15(20)18-10-14-2-1-7-21-14/h1-7,9,17,19H,10H2,(H,18,20). The number of hydrogen-bond acceptors (Lipinski definition) is 5. The molecule has 0 bridgehead atoms. The molecule has 2 rings (SSSR count). The summed E-state index contributed by atoms with van der Waals surface area (Å²) in [5, 5.41) is 23.5. The lowest BCUT2D eigenvalue weighted by atomic mass is 10.2. The average molecular weight is 283 g/mol. The summed E-state index contributed by atoms with van der Waals surface area (Å²) in [6.07, 6.45) is 2.82. The predicted molar refractivity (Wildman–Crippen MR) is 76.0 cm³/mol. The molecule has 6 nitrogen and oxygen atoms in total. The first-order chi connectivity index (χ1) is 10.2. The minimum atomic E-state index is -0.500. The molecule has 0 aliphatic heterocycles. The van der Waals surface area contributed by atoms with Crippen LogP contribution in [0.2, 0.25) is 0 Å². The van der Waals surface area contributed by atoms with E-state index in [9.17, 15) is 4.79 Å². The van der Waals surface area contributed by atoms with Crippen molar-refractivity contribution in [3.8, 4) is 11.8 Å². The van der Waals surface area contributed by atoms with Crippen LogP contribution in [0.25, 0.3) is 0 Å². The maximum Gasteiger partial charge on any atom is 0.263 e. The van der Waals surface area contributed by atoms with Gasteiger partial charge in [0.05, 0.1) is 12.8 Å². The van der Waals surface area contributed by atoms with E-state index in [4.69, 9.17) is 14.8 Å². The number of nitrogens with one attached hydrogen (secondary N) is 2. The van der Waals surface area contributed by atoms with Gasteiger partial charge in [0.1, 0.15) is 23.2 Å². The molecule has 0 atom stereocenters. The zero-order valence-corrected chi connectivity index (χ0v) is 11.0. The van der Waals surface area contributed by atoms with Crippen molar-refractivity contribution in [3.05, 3.63) is 60.2 Å². The number of anilines is 1. The Morgan fingerprint density at radius 2 is 2.10 bits per heavy atom. The van der Waals surface area contributed by atoms with E-state index in [1.54, 1.807) is 24.3 Å². The van der Waals surface area contributed by atoms with Gasteiger partial charge in [-0.2, -0.15) is 5.26 Å². The fourth-order valence-corrected chi connectivity index (χ4v) is 1.54. The van der Waals surface area contributed by atoms with E-state index in [2.05, 4.69) is 10.6 Å². The van der Waals surface area contributed by atoms with Crippen LogP contribution in [0.15, 0.2) is 58.9 Å². The normalized spacial score (nSPS) is 10.7. The molecule has 0 fully saturated rings. The molecule has 0 aliphatic carbocycles. The summed E-state index contributed by atoms with van der Waals surface area (Å²) < 4.78 is 5.08. The van der Waals surface area contributed by atoms with Crippen molar-refractivity contribution in [2.75, 3.05) is 5.32 Å². The predicted octanol–water partition coefficient (Wildman–Crippen LogP) is 2.12. The van der Waals surface area contributed by atoms with Crippen LogP contribution in [0.5, 0.6) is 5.75 Å². The molecule has 0 spiro atoms. The third-order valence-corrected chi connectivity index (χ3v) is 2.62. The van der Waals surface area contributed by atoms with Crippen molar-refractivity contribution in [1.29, 1.82) is 5.26 Å². The van der Waals surface area contributed by atoms with Crippen LogP contribution in [0, 0.1) is 11.3 Å². The Bertz CT molecular complexity index is 667. The lowest BCUT2D eigenvalue weighted by Gasteiger charge is -2.04. The first-order valence-electron chi connectivity index (χ1n) is 6.15. The Labute approximate surface area is 121 Å². The Balaban J connectivity index is 1.94. The number of nitriles is 1. The van der Waals surface area contributed by atoms with Crippen molar-refractivity contribution < 1.29 is 14.3 Å². The molecule has 0 radical (unpaired) electrons. The molecular formula is C15H13N3O3. The maximum absolute atomic E-state index is 11.8. The van der Waals surface area contributed by atoms with Crippen LogP contribution < -0.4 is 10.6 Å². The summed E-state index contributed by atoms with van der Waals surface area (Å²) in [4.78, 5) is 11.8. The van der Waals surface area contributed by atoms with Gasteiger partial charge in [0.15, 0.2) is 0 Å². The van der Waals surface area contributed by atoms with Crippen molar-refractivity contribution in [1.82, 2.24) is 5.32 Å². The first-order valence-corrected chi connectivity index (χ1v) is 6.15. The molecule has 2 aromatic rings. The second kappa shape index (κ2) is 6.82. The number of nitrogens with zero attached hydrogens (tertiary/aromatic N) is 1. The average Bonchev–Trinajstić information content (AvgIpc) is 3.01. The highest BCUT2D eigenvalue weighted by molar-refractivity contribution is 5.97. The Kier molecular flexibility index (Phi) is 4.62. The summed E-state index contributed by atoms with van der Waals surface area (Å²) in [6, 6.07) is 11.5. The topological polar surface area (TPSA) is 98.3 Å². The number of carbonyl (C=O) groups is 1. The number of rotatable bonds is 5. The minimum absolute atomic E-state index is 0.0605. The van der Waals surface area contributed by atoms with Gasteiger partial charge in [-0.3, -0.25) is 4.79 Å². The molecular weight excluding hydrogens is 270 g/mol. The van der Waals surface area contributed by atoms with E-state index in [-0.39, 0.29) is 17.9 Å². The Morgan fingerprint density at radius 3 is 2.71 bits per heavy atom. The van der Waals surface area contributed by atoms with Crippen LogP contribution in [0.1, 0.15) is 5.76 Å². The van der Waals surface area contributed by atoms with Gasteiger partial charge in [-0.1, -0.05) is 0 Å². The highest BCUT2D eigenvalue weighted by Crippen LogP contribution is 2.13. The maximum atomic E-state index is 11.8. The molecule has 1 aromatic carbocycles. The van der Waals surface area contributed by atoms with Crippen LogP contribution in [0.3, 0.4) is 0 Å². The number of phenols is 1. The smallest absolute Gasteiger partial charge is 0.263 e. The van der Waals surface area contributed by atoms with Gasteiger partial charge in [0.25, 0.3) is 5.91 Å². The summed E-state index contributed by atoms with van der Waals surface area (Å²) in [5.41, 5.74) is 0.592. The SMILES string of the molecule is N#CC(=CNc1ccc(O)cc1)C(=O)NCc1ccco1. The Morgan fingerprint density at radius 1 is 1.33 bits per heavy atom. The lowest BCUT2D eigenvalue weighted by Crippen LogP contribution is -2.24. The monoisotopic (exact) mass is 283 g/mol. The third-order valence-electron chi connectivity index (χ3n) is 2.62. The van der Waals surface area contributed by atoms with Crippen LogP contribution in [-0.4, -0.2) is 11.0 Å². The lowest BCUT2D eigenvalue weighted by molar-refractivity contribution is -0.117. The first kappa shape index (κ1) is 14.2. The van der Waals surface area contributed by atoms with Crippen molar-refractivity contribution in [2.24, 2.45) is 0 Å². The molecule has 106 valence electrons. The quantitative estimate of drug-likeness (QED) is 0.443. The molecule has 6 heteroatoms. The molecule has 1 heterocycles. The van der Waals surface area contributed by atoms with E-state index in [1.807, 2.05) is 6.07 Å². The highest BCUT2D eigenvalue weighted by atomic mass is 16.3. The van der Waals surface area contributed by atoms with E-state index in [0.717, 1.165) is 0 Å². The van der Waals surface area contributed by atoms with Gasteiger partial charge in [0.2, 0.25) is 0 Å². The van der Waals surface area contributed by atoms with Gasteiger partial charge >= 0.3 is 0 Å². The van der Waals surface area contributed by atoms with E-state index in [1.165, 1.54) is 24.6 Å². The summed E-state index contributed by atoms with van der Waals surface area (Å²) >= 11 is 0. The fourth-order valence-electron chi connectivity index (χ4n) is 1.54. The van der Waals surface area contributed by atoms with Gasteiger partial charge < -0.3 is 20.2 Å². The zero-order valence-electron chi connectivity index (χ0n) is 11.0. The molecule has 3 N–H and O–H groups in total. The highest BCUT2D eigenvalue weighted by Gasteiger charge is 2.09. The van der Waals surface area contributed by atoms with Crippen LogP contribution in [0.4, 0.5) is 5.69 Å². The summed E-state index contributed by atoms with van der Waals surface area (Å²) in [6.45, 7) is 0.212. The number of aromatic hydroxyl groups is 1. The van der Waals surface area contributed by atoms with E-state index >= 15 is 0 Å². The molecule has 21 heavy (non-hydrogen) atoms. The molecule has 0 unspecified atom stereocenters. The second-order valence-electron chi connectivity index (χ2n) is 4.12. The number of benzene rings is 1. The Hall–Kier alpha value is -3.20. The molecule has 1 aromatic heterocycles. The number of carbonyl (C=O) groups excluding carboxylic acids is 1. The summed E-state index contributed by atoms with van der Waals surface area (Å²) in [7, 11) is 0. The zero-order chi connectivity index (χ0) is 15.1. The largest absolute Gasteiger partial charge is 0.508 e. The van der Waals surface area contributed by atoms with Crippen LogP contribution >= 0.6 is 0 Å². The van der Waals surface area contributed by atoms with Crippen molar-refractivity contribution in [2.45, 2.75) is 6.54 Å². The number of furan rings is 1. The van der Waals surface area contributed by atoms with Crippen molar-refractivity contribution >= 4 is 11.6 Å². The molecule has 1 amide bonds. The van der Waals surface area contributed by atoms with E-state index in [0.29, 0.717) is 11.4 Å². The van der Waals surface area contributed by atoms with Gasteiger partial charge in [-0.05, 0) is 36.4 Å². The van der Waals surface area contributed by atoms with Gasteiger partial charge in [-0.25, -0.2) is 0 Å². The third kappa shape index (κ3) is 4.14. The van der Waals surface area contributed by atoms with Crippen molar-refractivity contribution in [3.63, 3.8) is 0 Å². The van der Waals surface area contributed by atoms with E-state index < -0.39 is 5.91 Å². The van der Waals surface area contributed by atoms with Gasteiger partial charge in [-0.15, -0.1) is 0 Å². The van der Waals surface area contributed by atoms with Gasteiger partial charge in [0, 0.05) is 11.9 Å². The minimum Gasteiger partial charge on any atom is -0.508 e. The number of phenolic OH excluding ortho intramolecular Hbond substituents is 1. The summed E-state index contributed by atoms with van der Waals surface area (Å²) in [5.74, 6) is 0.244. The second-order valence-corrected chi connectivity index (χ2v) is 4.12. The molecule has 0 saturated carbocycles. The molecule has 0 aliphatic rings. The number of amides is 1. The molecule has 0 saturated heterocycles.